The van der Waals surface area contributed by atoms with Crippen LogP contribution in [0.25, 0.3) is 0 Å². The Hall–Kier alpha value is -1.11. The average molecular weight is 402 g/mol. The van der Waals surface area contributed by atoms with Gasteiger partial charge in [-0.25, -0.2) is 0 Å². The minimum absolute atomic E-state index is 0. The molecule has 0 aromatic carbocycles. The van der Waals surface area contributed by atoms with Crippen LogP contribution in [0.4, 0.5) is 0 Å². The summed E-state index contributed by atoms with van der Waals surface area (Å²) < 4.78 is 0. The van der Waals surface area contributed by atoms with Crippen LogP contribution >= 0.6 is 23.7 Å². The molecule has 1 aliphatic rings. The Bertz CT molecular complexity index is 559. The molecule has 2 N–H and O–H groups in total. The van der Waals surface area contributed by atoms with Crippen LogP contribution in [0.2, 0.25) is 0 Å². The van der Waals surface area contributed by atoms with Gasteiger partial charge >= 0.3 is 0 Å². The Morgan fingerprint density at radius 3 is 2.50 bits per heavy atom. The molecule has 0 radical (unpaired) electrons. The first-order chi connectivity index (χ1) is 12.0. The van der Waals surface area contributed by atoms with Crippen LogP contribution in [0.15, 0.2) is 17.5 Å². The first-order valence-electron chi connectivity index (χ1n) is 9.38. The predicted molar refractivity (Wildman–Crippen MR) is 110 cm³/mol. The topological polar surface area (TPSA) is 66.6 Å². The summed E-state index contributed by atoms with van der Waals surface area (Å²) in [6.07, 6.45) is 3.50. The molecule has 2 unspecified atom stereocenters. The standard InChI is InChI=1S/C19H31N3O2S.ClH/c1-4-10-22(18(23)16-7-6-13-25-16)15-8-11-21(12-9-15)19(24)17(20)14(3)5-2;/h6-7,13-15,17H,4-5,8-12,20H2,1-3H3;1H. The summed E-state index contributed by atoms with van der Waals surface area (Å²) in [6, 6.07) is 3.60. The second-order valence-electron chi connectivity index (χ2n) is 6.94. The van der Waals surface area contributed by atoms with Crippen molar-refractivity contribution < 1.29 is 9.59 Å². The molecule has 0 saturated carbocycles. The van der Waals surface area contributed by atoms with Gasteiger partial charge in [0.25, 0.3) is 5.91 Å². The second-order valence-corrected chi connectivity index (χ2v) is 7.89. The van der Waals surface area contributed by atoms with Crippen LogP contribution in [0.3, 0.4) is 0 Å². The highest BCUT2D eigenvalue weighted by atomic mass is 35.5. The zero-order valence-electron chi connectivity index (χ0n) is 16.0. The molecule has 148 valence electrons. The van der Waals surface area contributed by atoms with Crippen molar-refractivity contribution in [3.05, 3.63) is 22.4 Å². The molecule has 1 aliphatic heterocycles. The van der Waals surface area contributed by atoms with Gasteiger partial charge in [-0.2, -0.15) is 0 Å². The van der Waals surface area contributed by atoms with E-state index >= 15 is 0 Å². The highest BCUT2D eigenvalue weighted by Gasteiger charge is 2.32. The molecule has 1 fully saturated rings. The van der Waals surface area contributed by atoms with Crippen LogP contribution in [-0.4, -0.2) is 53.3 Å². The molecule has 1 aromatic heterocycles. The van der Waals surface area contributed by atoms with E-state index in [2.05, 4.69) is 13.8 Å². The molecule has 2 rings (SSSR count). The largest absolute Gasteiger partial charge is 0.341 e. The summed E-state index contributed by atoms with van der Waals surface area (Å²) in [5, 5.41) is 1.94. The van der Waals surface area contributed by atoms with Gasteiger partial charge in [0, 0.05) is 25.7 Å². The molecule has 0 aliphatic carbocycles. The number of likely N-dealkylation sites (tertiary alicyclic amines) is 1. The Morgan fingerprint density at radius 2 is 2.00 bits per heavy atom. The van der Waals surface area contributed by atoms with E-state index in [0.29, 0.717) is 13.1 Å². The van der Waals surface area contributed by atoms with Crippen molar-refractivity contribution in [3.8, 4) is 0 Å². The number of hydrogen-bond acceptors (Lipinski definition) is 4. The monoisotopic (exact) mass is 401 g/mol. The van der Waals surface area contributed by atoms with Gasteiger partial charge in [-0.15, -0.1) is 23.7 Å². The number of hydrogen-bond donors (Lipinski definition) is 1. The van der Waals surface area contributed by atoms with Crippen LogP contribution in [0, 0.1) is 5.92 Å². The number of piperidine rings is 1. The van der Waals surface area contributed by atoms with E-state index in [1.165, 1.54) is 11.3 Å². The minimum Gasteiger partial charge on any atom is -0.341 e. The van der Waals surface area contributed by atoms with Crippen molar-refractivity contribution in [2.45, 2.75) is 58.5 Å². The molecule has 0 spiro atoms. The fraction of sp³-hybridized carbons (Fsp3) is 0.684. The van der Waals surface area contributed by atoms with E-state index in [9.17, 15) is 9.59 Å². The van der Waals surface area contributed by atoms with Crippen LogP contribution in [0.1, 0.15) is 56.1 Å². The summed E-state index contributed by atoms with van der Waals surface area (Å²) in [5.41, 5.74) is 6.10. The average Bonchev–Trinajstić information content (AvgIpc) is 3.18. The predicted octanol–water partition coefficient (Wildman–Crippen LogP) is 3.39. The summed E-state index contributed by atoms with van der Waals surface area (Å²) >= 11 is 1.49. The Morgan fingerprint density at radius 1 is 1.35 bits per heavy atom. The molecule has 2 amide bonds. The SMILES string of the molecule is CCCN(C(=O)c1cccs1)C1CCN(C(=O)C(N)C(C)CC)CC1.Cl. The lowest BCUT2D eigenvalue weighted by Gasteiger charge is -2.39. The molecule has 26 heavy (non-hydrogen) atoms. The number of nitrogens with zero attached hydrogens (tertiary/aromatic N) is 2. The second kappa shape index (κ2) is 10.9. The van der Waals surface area contributed by atoms with Crippen LogP contribution in [0.5, 0.6) is 0 Å². The lowest BCUT2D eigenvalue weighted by atomic mass is 9.96. The molecular weight excluding hydrogens is 370 g/mol. The Kier molecular flexibility index (Phi) is 9.61. The van der Waals surface area contributed by atoms with Crippen molar-refractivity contribution in [2.24, 2.45) is 11.7 Å². The number of rotatable bonds is 7. The van der Waals surface area contributed by atoms with E-state index in [-0.39, 0.29) is 36.2 Å². The number of nitrogens with two attached hydrogens (primary N) is 1. The van der Waals surface area contributed by atoms with Gasteiger partial charge in [0.05, 0.1) is 10.9 Å². The normalized spacial score (nSPS) is 17.3. The number of carbonyl (C=O) groups excluding carboxylic acids is 2. The molecule has 0 bridgehead atoms. The quantitative estimate of drug-likeness (QED) is 0.761. The maximum atomic E-state index is 12.8. The molecule has 5 nitrogen and oxygen atoms in total. The zero-order chi connectivity index (χ0) is 18.4. The maximum absolute atomic E-state index is 12.8. The summed E-state index contributed by atoms with van der Waals surface area (Å²) in [5.74, 6) is 0.375. The van der Waals surface area contributed by atoms with Crippen LogP contribution < -0.4 is 5.73 Å². The third-order valence-corrected chi connectivity index (χ3v) is 6.07. The highest BCUT2D eigenvalue weighted by Crippen LogP contribution is 2.22. The fourth-order valence-electron chi connectivity index (χ4n) is 3.34. The van der Waals surface area contributed by atoms with Crippen molar-refractivity contribution in [3.63, 3.8) is 0 Å². The molecule has 7 heteroatoms. The zero-order valence-corrected chi connectivity index (χ0v) is 17.7. The van der Waals surface area contributed by atoms with E-state index in [1.54, 1.807) is 0 Å². The smallest absolute Gasteiger partial charge is 0.264 e. The number of thiophene rings is 1. The van der Waals surface area contributed by atoms with Gasteiger partial charge in [-0.1, -0.05) is 33.3 Å². The number of amides is 2. The molecule has 1 aromatic rings. The molecule has 2 atom stereocenters. The third kappa shape index (κ3) is 5.44. The minimum atomic E-state index is -0.416. The van der Waals surface area contributed by atoms with Crippen molar-refractivity contribution in [1.29, 1.82) is 0 Å². The van der Waals surface area contributed by atoms with E-state index < -0.39 is 6.04 Å². The van der Waals surface area contributed by atoms with Gasteiger partial charge in [0.2, 0.25) is 5.91 Å². The van der Waals surface area contributed by atoms with Crippen molar-refractivity contribution >= 4 is 35.6 Å². The molecule has 2 heterocycles. The first-order valence-corrected chi connectivity index (χ1v) is 10.3. The van der Waals surface area contributed by atoms with E-state index in [1.807, 2.05) is 34.2 Å². The first kappa shape index (κ1) is 22.9. The van der Waals surface area contributed by atoms with Crippen molar-refractivity contribution in [2.75, 3.05) is 19.6 Å². The van der Waals surface area contributed by atoms with E-state index in [0.717, 1.165) is 37.1 Å². The van der Waals surface area contributed by atoms with Gasteiger partial charge in [-0.3, -0.25) is 9.59 Å². The Balaban J connectivity index is 0.00000338. The van der Waals surface area contributed by atoms with Gasteiger partial charge in [-0.05, 0) is 36.6 Å². The lowest BCUT2D eigenvalue weighted by Crippen LogP contribution is -2.53. The van der Waals surface area contributed by atoms with Gasteiger partial charge in [0.15, 0.2) is 0 Å². The summed E-state index contributed by atoms with van der Waals surface area (Å²) in [4.78, 5) is 30.0. The van der Waals surface area contributed by atoms with E-state index in [4.69, 9.17) is 5.73 Å². The summed E-state index contributed by atoms with van der Waals surface area (Å²) in [7, 11) is 0. The van der Waals surface area contributed by atoms with Gasteiger partial charge in [0.1, 0.15) is 0 Å². The third-order valence-electron chi connectivity index (χ3n) is 5.22. The molecule has 1 saturated heterocycles. The van der Waals surface area contributed by atoms with Crippen molar-refractivity contribution in [1.82, 2.24) is 9.80 Å². The number of carbonyl (C=O) groups is 2. The lowest BCUT2D eigenvalue weighted by molar-refractivity contribution is -0.135. The number of halogens is 1. The highest BCUT2D eigenvalue weighted by molar-refractivity contribution is 7.12. The molecular formula is C19H32ClN3O2S. The fourth-order valence-corrected chi connectivity index (χ4v) is 4.02. The Labute approximate surface area is 167 Å². The van der Waals surface area contributed by atoms with Gasteiger partial charge < -0.3 is 15.5 Å². The summed E-state index contributed by atoms with van der Waals surface area (Å²) in [6.45, 7) is 8.32. The van der Waals surface area contributed by atoms with Crippen LogP contribution in [-0.2, 0) is 4.79 Å². The maximum Gasteiger partial charge on any atom is 0.264 e.